The van der Waals surface area contributed by atoms with Crippen LogP contribution in [0.3, 0.4) is 0 Å². The third-order valence-electron chi connectivity index (χ3n) is 3.65. The van der Waals surface area contributed by atoms with Gasteiger partial charge in [0.2, 0.25) is 0 Å². The third-order valence-corrected chi connectivity index (χ3v) is 3.65. The number of rotatable bonds is 4. The standard InChI is InChI=1S/C17H16FN3O3/c1-10(2)21-9-14(15(22)17(21)23)16-19-7-13(8-20-16)24-12-5-3-11(18)4-6-12/h3-8,10,22H,9H2,1-2H3. The maximum absolute atomic E-state index is 12.9. The monoisotopic (exact) mass is 329 g/mol. The average Bonchev–Trinajstić information content (AvgIpc) is 2.86. The second-order valence-electron chi connectivity index (χ2n) is 5.65. The van der Waals surface area contributed by atoms with Gasteiger partial charge in [-0.05, 0) is 38.1 Å². The second kappa shape index (κ2) is 6.27. The number of amides is 1. The van der Waals surface area contributed by atoms with Gasteiger partial charge in [0.1, 0.15) is 11.6 Å². The molecule has 0 saturated carbocycles. The number of benzene rings is 1. The molecule has 0 spiro atoms. The van der Waals surface area contributed by atoms with E-state index < -0.39 is 5.91 Å². The van der Waals surface area contributed by atoms with Crippen molar-refractivity contribution in [3.8, 4) is 11.5 Å². The van der Waals surface area contributed by atoms with E-state index in [4.69, 9.17) is 4.74 Å². The SMILES string of the molecule is CC(C)N1CC(c2ncc(Oc3ccc(F)cc3)cn2)=C(O)C1=O. The Morgan fingerprint density at radius 1 is 1.17 bits per heavy atom. The van der Waals surface area contributed by atoms with E-state index in [2.05, 4.69) is 9.97 Å². The molecule has 24 heavy (non-hydrogen) atoms. The highest BCUT2D eigenvalue weighted by Crippen LogP contribution is 2.27. The van der Waals surface area contributed by atoms with E-state index in [-0.39, 0.29) is 30.0 Å². The predicted molar refractivity (Wildman–Crippen MR) is 84.9 cm³/mol. The van der Waals surface area contributed by atoms with E-state index in [1.54, 1.807) is 0 Å². The minimum Gasteiger partial charge on any atom is -0.503 e. The van der Waals surface area contributed by atoms with Crippen LogP contribution in [0, 0.1) is 5.82 Å². The van der Waals surface area contributed by atoms with Crippen LogP contribution in [0.5, 0.6) is 11.5 Å². The van der Waals surface area contributed by atoms with E-state index in [0.29, 0.717) is 17.1 Å². The van der Waals surface area contributed by atoms with E-state index in [1.807, 2.05) is 13.8 Å². The van der Waals surface area contributed by atoms with Crippen LogP contribution in [0.15, 0.2) is 42.4 Å². The molecule has 0 fully saturated rings. The van der Waals surface area contributed by atoms with Gasteiger partial charge in [0, 0.05) is 6.04 Å². The molecule has 2 heterocycles. The van der Waals surface area contributed by atoms with Gasteiger partial charge >= 0.3 is 0 Å². The zero-order valence-corrected chi connectivity index (χ0v) is 13.2. The Hall–Kier alpha value is -2.96. The molecular formula is C17H16FN3O3. The van der Waals surface area contributed by atoms with Crippen molar-refractivity contribution in [2.24, 2.45) is 0 Å². The fourth-order valence-corrected chi connectivity index (χ4v) is 2.34. The Morgan fingerprint density at radius 3 is 2.33 bits per heavy atom. The molecule has 0 saturated heterocycles. The van der Waals surface area contributed by atoms with E-state index in [0.717, 1.165) is 0 Å². The summed E-state index contributed by atoms with van der Waals surface area (Å²) in [6.45, 7) is 4.00. The van der Waals surface area contributed by atoms with Gasteiger partial charge in [0.05, 0.1) is 24.5 Å². The summed E-state index contributed by atoms with van der Waals surface area (Å²) in [5.41, 5.74) is 0.391. The minimum atomic E-state index is -0.421. The molecular weight excluding hydrogens is 313 g/mol. The van der Waals surface area contributed by atoms with Crippen LogP contribution in [-0.2, 0) is 4.79 Å². The molecule has 2 aromatic rings. The van der Waals surface area contributed by atoms with Crippen molar-refractivity contribution < 1.29 is 19.0 Å². The van der Waals surface area contributed by atoms with Crippen LogP contribution >= 0.6 is 0 Å². The van der Waals surface area contributed by atoms with Crippen LogP contribution < -0.4 is 4.74 Å². The number of aliphatic hydroxyl groups excluding tert-OH is 1. The molecule has 0 aliphatic carbocycles. The van der Waals surface area contributed by atoms with Gasteiger partial charge in [-0.15, -0.1) is 0 Å². The molecule has 7 heteroatoms. The first kappa shape index (κ1) is 15.9. The van der Waals surface area contributed by atoms with Gasteiger partial charge in [-0.3, -0.25) is 4.79 Å². The number of carbonyl (C=O) groups excluding carboxylic acids is 1. The molecule has 0 atom stereocenters. The molecule has 1 aliphatic heterocycles. The summed E-state index contributed by atoms with van der Waals surface area (Å²) in [5, 5.41) is 10.0. The predicted octanol–water partition coefficient (Wildman–Crippen LogP) is 2.93. The summed E-state index contributed by atoms with van der Waals surface area (Å²) in [6.07, 6.45) is 2.88. The molecule has 3 rings (SSSR count). The van der Waals surface area contributed by atoms with Crippen LogP contribution in [-0.4, -0.2) is 38.5 Å². The summed E-state index contributed by atoms with van der Waals surface area (Å²) in [5.74, 6) is 0.00546. The van der Waals surface area contributed by atoms with Crippen LogP contribution in [0.1, 0.15) is 19.7 Å². The summed E-state index contributed by atoms with van der Waals surface area (Å²) >= 11 is 0. The fourth-order valence-electron chi connectivity index (χ4n) is 2.34. The number of carbonyl (C=O) groups is 1. The van der Waals surface area contributed by atoms with Crippen molar-refractivity contribution in [2.45, 2.75) is 19.9 Å². The Morgan fingerprint density at radius 2 is 1.79 bits per heavy atom. The van der Waals surface area contributed by atoms with E-state index in [9.17, 15) is 14.3 Å². The number of ether oxygens (including phenoxy) is 1. The molecule has 1 aromatic heterocycles. The normalized spacial score (nSPS) is 14.7. The molecule has 0 bridgehead atoms. The van der Waals surface area contributed by atoms with Gasteiger partial charge in [-0.1, -0.05) is 0 Å². The lowest BCUT2D eigenvalue weighted by atomic mass is 10.2. The lowest BCUT2D eigenvalue weighted by molar-refractivity contribution is -0.129. The van der Waals surface area contributed by atoms with Crippen LogP contribution in [0.25, 0.3) is 5.57 Å². The van der Waals surface area contributed by atoms with Crippen molar-refractivity contribution >= 4 is 11.5 Å². The van der Waals surface area contributed by atoms with Gasteiger partial charge in [0.25, 0.3) is 5.91 Å². The zero-order chi connectivity index (χ0) is 17.3. The fraction of sp³-hybridized carbons (Fsp3) is 0.235. The van der Waals surface area contributed by atoms with Gasteiger partial charge in [-0.25, -0.2) is 14.4 Å². The second-order valence-corrected chi connectivity index (χ2v) is 5.65. The lowest BCUT2D eigenvalue weighted by Crippen LogP contribution is -2.33. The Balaban J connectivity index is 1.77. The first-order valence-corrected chi connectivity index (χ1v) is 7.44. The lowest BCUT2D eigenvalue weighted by Gasteiger charge is -2.20. The van der Waals surface area contributed by atoms with Crippen molar-refractivity contribution in [1.82, 2.24) is 14.9 Å². The molecule has 1 N–H and O–H groups in total. The molecule has 1 aromatic carbocycles. The first-order chi connectivity index (χ1) is 11.5. The average molecular weight is 329 g/mol. The Kier molecular flexibility index (Phi) is 4.16. The topological polar surface area (TPSA) is 75.6 Å². The minimum absolute atomic E-state index is 0.0294. The quantitative estimate of drug-likeness (QED) is 0.933. The Labute approximate surface area is 138 Å². The number of halogens is 1. The van der Waals surface area contributed by atoms with Gasteiger partial charge in [0.15, 0.2) is 17.3 Å². The molecule has 1 amide bonds. The molecule has 6 nitrogen and oxygen atoms in total. The molecule has 0 unspecified atom stereocenters. The number of hydrogen-bond donors (Lipinski definition) is 1. The zero-order valence-electron chi connectivity index (χ0n) is 13.2. The van der Waals surface area contributed by atoms with Crippen molar-refractivity contribution in [3.63, 3.8) is 0 Å². The van der Waals surface area contributed by atoms with Crippen molar-refractivity contribution in [1.29, 1.82) is 0 Å². The van der Waals surface area contributed by atoms with Gasteiger partial charge < -0.3 is 14.7 Å². The van der Waals surface area contributed by atoms with Crippen molar-refractivity contribution in [3.05, 3.63) is 54.1 Å². The summed E-state index contributed by atoms with van der Waals surface area (Å²) < 4.78 is 18.4. The highest BCUT2D eigenvalue weighted by atomic mass is 19.1. The van der Waals surface area contributed by atoms with E-state index >= 15 is 0 Å². The molecule has 124 valence electrons. The molecule has 1 aliphatic rings. The third kappa shape index (κ3) is 3.05. The van der Waals surface area contributed by atoms with Crippen LogP contribution in [0.2, 0.25) is 0 Å². The van der Waals surface area contributed by atoms with Crippen molar-refractivity contribution in [2.75, 3.05) is 6.54 Å². The maximum atomic E-state index is 12.9. The Bertz CT molecular complexity index is 786. The number of nitrogens with zero attached hydrogens (tertiary/aromatic N) is 3. The number of aromatic nitrogens is 2. The maximum Gasteiger partial charge on any atom is 0.289 e. The summed E-state index contributed by atoms with van der Waals surface area (Å²) in [7, 11) is 0. The number of hydrogen-bond acceptors (Lipinski definition) is 5. The highest BCUT2D eigenvalue weighted by Gasteiger charge is 2.33. The highest BCUT2D eigenvalue weighted by molar-refractivity contribution is 6.03. The number of aliphatic hydroxyl groups is 1. The van der Waals surface area contributed by atoms with Gasteiger partial charge in [-0.2, -0.15) is 0 Å². The smallest absolute Gasteiger partial charge is 0.289 e. The largest absolute Gasteiger partial charge is 0.503 e. The van der Waals surface area contributed by atoms with Crippen LogP contribution in [0.4, 0.5) is 4.39 Å². The summed E-state index contributed by atoms with van der Waals surface area (Å²) in [6, 6.07) is 5.54. The first-order valence-electron chi connectivity index (χ1n) is 7.44. The molecule has 0 radical (unpaired) electrons. The van der Waals surface area contributed by atoms with E-state index in [1.165, 1.54) is 41.6 Å². The summed E-state index contributed by atoms with van der Waals surface area (Å²) in [4.78, 5) is 21.8.